The highest BCUT2D eigenvalue weighted by Crippen LogP contribution is 2.16. The molecule has 0 bridgehead atoms. The molecule has 0 saturated carbocycles. The zero-order chi connectivity index (χ0) is 9.42. The van der Waals surface area contributed by atoms with Crippen LogP contribution in [0.3, 0.4) is 0 Å². The van der Waals surface area contributed by atoms with E-state index in [0.29, 0.717) is 17.0 Å². The van der Waals surface area contributed by atoms with Gasteiger partial charge >= 0.3 is 0 Å². The minimum absolute atomic E-state index is 0.112. The molecule has 0 fully saturated rings. The molecule has 2 aromatic rings. The lowest BCUT2D eigenvalue weighted by atomic mass is 10.2. The van der Waals surface area contributed by atoms with E-state index < -0.39 is 5.97 Å². The third-order valence-corrected chi connectivity index (χ3v) is 1.73. The van der Waals surface area contributed by atoms with Crippen LogP contribution in [0, 0.1) is 6.92 Å². The van der Waals surface area contributed by atoms with E-state index in [9.17, 15) is 9.90 Å². The lowest BCUT2D eigenvalue weighted by molar-refractivity contribution is -0.255. The van der Waals surface area contributed by atoms with E-state index in [-0.39, 0.29) is 5.56 Å². The summed E-state index contributed by atoms with van der Waals surface area (Å²) in [5.41, 5.74) is 1.24. The number of carboxylic acids is 1. The Morgan fingerprint density at radius 2 is 2.31 bits per heavy atom. The maximum absolute atomic E-state index is 10.5. The molecular formula is C9H6NO3-. The Labute approximate surface area is 73.8 Å². The van der Waals surface area contributed by atoms with Crippen LogP contribution in [0.25, 0.3) is 11.1 Å². The summed E-state index contributed by atoms with van der Waals surface area (Å²) in [6.45, 7) is 1.71. The van der Waals surface area contributed by atoms with Gasteiger partial charge in [-0.2, -0.15) is 0 Å². The summed E-state index contributed by atoms with van der Waals surface area (Å²) in [5.74, 6) is -0.687. The molecule has 0 amide bonds. The van der Waals surface area contributed by atoms with Gasteiger partial charge in [-0.1, -0.05) is 0 Å². The molecular weight excluding hydrogens is 170 g/mol. The summed E-state index contributed by atoms with van der Waals surface area (Å²) in [7, 11) is 0. The number of hydrogen-bond acceptors (Lipinski definition) is 4. The van der Waals surface area contributed by atoms with E-state index in [2.05, 4.69) is 4.98 Å². The molecule has 0 saturated heterocycles. The molecule has 0 atom stereocenters. The van der Waals surface area contributed by atoms with Crippen molar-refractivity contribution in [2.75, 3.05) is 0 Å². The maximum Gasteiger partial charge on any atom is 0.192 e. The molecule has 1 aromatic carbocycles. The predicted molar refractivity (Wildman–Crippen MR) is 43.1 cm³/mol. The SMILES string of the molecule is Cc1nc2cc(C(=O)[O-])ccc2o1. The largest absolute Gasteiger partial charge is 0.545 e. The zero-order valence-corrected chi connectivity index (χ0v) is 6.90. The van der Waals surface area contributed by atoms with Crippen molar-refractivity contribution in [2.45, 2.75) is 6.92 Å². The molecule has 4 nitrogen and oxygen atoms in total. The second kappa shape index (κ2) is 2.58. The number of aromatic nitrogens is 1. The van der Waals surface area contributed by atoms with Gasteiger partial charge < -0.3 is 14.3 Å². The van der Waals surface area contributed by atoms with E-state index in [4.69, 9.17) is 4.42 Å². The van der Waals surface area contributed by atoms with E-state index in [0.717, 1.165) is 0 Å². The van der Waals surface area contributed by atoms with Gasteiger partial charge in [0.25, 0.3) is 0 Å². The molecule has 0 unspecified atom stereocenters. The highest BCUT2D eigenvalue weighted by molar-refractivity contribution is 5.90. The fourth-order valence-electron chi connectivity index (χ4n) is 1.17. The Hall–Kier alpha value is -1.84. The van der Waals surface area contributed by atoms with Crippen LogP contribution in [0.1, 0.15) is 16.2 Å². The fraction of sp³-hybridized carbons (Fsp3) is 0.111. The quantitative estimate of drug-likeness (QED) is 0.634. The molecule has 1 heterocycles. The van der Waals surface area contributed by atoms with Crippen molar-refractivity contribution < 1.29 is 14.3 Å². The topological polar surface area (TPSA) is 66.2 Å². The van der Waals surface area contributed by atoms with Gasteiger partial charge in [0.15, 0.2) is 11.5 Å². The van der Waals surface area contributed by atoms with Crippen LogP contribution in [0.4, 0.5) is 0 Å². The van der Waals surface area contributed by atoms with Gasteiger partial charge in [-0.15, -0.1) is 0 Å². The molecule has 13 heavy (non-hydrogen) atoms. The number of oxazole rings is 1. The highest BCUT2D eigenvalue weighted by atomic mass is 16.4. The van der Waals surface area contributed by atoms with Gasteiger partial charge in [0.2, 0.25) is 0 Å². The van der Waals surface area contributed by atoms with E-state index in [1.165, 1.54) is 12.1 Å². The second-order valence-electron chi connectivity index (χ2n) is 2.70. The minimum Gasteiger partial charge on any atom is -0.545 e. The lowest BCUT2D eigenvalue weighted by Gasteiger charge is -1.99. The first-order valence-electron chi connectivity index (χ1n) is 3.75. The molecule has 0 N–H and O–H groups in total. The zero-order valence-electron chi connectivity index (χ0n) is 6.90. The van der Waals surface area contributed by atoms with Gasteiger partial charge in [-0.05, 0) is 23.8 Å². The number of nitrogens with zero attached hydrogens (tertiary/aromatic N) is 1. The van der Waals surface area contributed by atoms with Crippen molar-refractivity contribution in [3.05, 3.63) is 29.7 Å². The third kappa shape index (κ3) is 1.26. The average Bonchev–Trinajstić information content (AvgIpc) is 2.42. The van der Waals surface area contributed by atoms with Crippen molar-refractivity contribution in [3.63, 3.8) is 0 Å². The molecule has 0 spiro atoms. The van der Waals surface area contributed by atoms with Crippen LogP contribution in [0.15, 0.2) is 22.6 Å². The average molecular weight is 176 g/mol. The summed E-state index contributed by atoms with van der Waals surface area (Å²) in [6.07, 6.45) is 0. The van der Waals surface area contributed by atoms with Crippen LogP contribution >= 0.6 is 0 Å². The summed E-state index contributed by atoms with van der Waals surface area (Å²) in [6, 6.07) is 4.43. The number of aryl methyl sites for hydroxylation is 1. The summed E-state index contributed by atoms with van der Waals surface area (Å²) >= 11 is 0. The molecule has 0 aliphatic carbocycles. The second-order valence-corrected chi connectivity index (χ2v) is 2.70. The van der Waals surface area contributed by atoms with Crippen LogP contribution in [-0.2, 0) is 0 Å². The van der Waals surface area contributed by atoms with Crippen molar-refractivity contribution in [1.82, 2.24) is 4.98 Å². The van der Waals surface area contributed by atoms with Gasteiger partial charge in [0.05, 0.1) is 5.97 Å². The number of rotatable bonds is 1. The van der Waals surface area contributed by atoms with Gasteiger partial charge in [0, 0.05) is 6.92 Å². The van der Waals surface area contributed by atoms with Crippen LogP contribution in [0.2, 0.25) is 0 Å². The Morgan fingerprint density at radius 1 is 1.54 bits per heavy atom. The molecule has 0 aliphatic rings. The maximum atomic E-state index is 10.5. The van der Waals surface area contributed by atoms with E-state index >= 15 is 0 Å². The van der Waals surface area contributed by atoms with Gasteiger partial charge in [-0.25, -0.2) is 4.98 Å². The Kier molecular flexibility index (Phi) is 1.55. The number of carbonyl (C=O) groups is 1. The van der Waals surface area contributed by atoms with E-state index in [1.807, 2.05) is 0 Å². The van der Waals surface area contributed by atoms with Crippen LogP contribution < -0.4 is 5.11 Å². The van der Waals surface area contributed by atoms with Crippen molar-refractivity contribution in [1.29, 1.82) is 0 Å². The molecule has 0 radical (unpaired) electrons. The number of hydrogen-bond donors (Lipinski definition) is 0. The lowest BCUT2D eigenvalue weighted by Crippen LogP contribution is -2.21. The first-order valence-corrected chi connectivity index (χ1v) is 3.75. The van der Waals surface area contributed by atoms with Crippen LogP contribution in [0.5, 0.6) is 0 Å². The van der Waals surface area contributed by atoms with Crippen molar-refractivity contribution in [2.24, 2.45) is 0 Å². The Morgan fingerprint density at radius 3 is 3.00 bits per heavy atom. The predicted octanol–water partition coefficient (Wildman–Crippen LogP) is 0.500. The molecule has 1 aromatic heterocycles. The van der Waals surface area contributed by atoms with E-state index in [1.54, 1.807) is 13.0 Å². The highest BCUT2D eigenvalue weighted by Gasteiger charge is 2.02. The number of benzene rings is 1. The smallest absolute Gasteiger partial charge is 0.192 e. The monoisotopic (exact) mass is 176 g/mol. The number of fused-ring (bicyclic) bond motifs is 1. The fourth-order valence-corrected chi connectivity index (χ4v) is 1.17. The first-order chi connectivity index (χ1) is 6.16. The summed E-state index contributed by atoms with van der Waals surface area (Å²) < 4.78 is 5.18. The standard InChI is InChI=1S/C9H7NO3/c1-5-10-7-4-6(9(11)12)2-3-8(7)13-5/h2-4H,1H3,(H,11,12)/p-1. The third-order valence-electron chi connectivity index (χ3n) is 1.73. The summed E-state index contributed by atoms with van der Waals surface area (Å²) in [4.78, 5) is 14.5. The Balaban J connectivity index is 2.67. The number of carboxylic acid groups (broad SMARTS) is 1. The molecule has 2 rings (SSSR count). The minimum atomic E-state index is -1.21. The number of carbonyl (C=O) groups excluding carboxylic acids is 1. The first kappa shape index (κ1) is 7.79. The summed E-state index contributed by atoms with van der Waals surface area (Å²) in [5, 5.41) is 10.5. The van der Waals surface area contributed by atoms with Crippen molar-refractivity contribution in [3.8, 4) is 0 Å². The molecule has 0 aliphatic heterocycles. The molecule has 4 heteroatoms. The molecule has 66 valence electrons. The van der Waals surface area contributed by atoms with Crippen molar-refractivity contribution >= 4 is 17.1 Å². The van der Waals surface area contributed by atoms with Crippen LogP contribution in [-0.4, -0.2) is 11.0 Å². The van der Waals surface area contributed by atoms with Gasteiger partial charge in [0.1, 0.15) is 5.52 Å². The Bertz CT molecular complexity index is 473. The normalized spacial score (nSPS) is 10.5. The van der Waals surface area contributed by atoms with Gasteiger partial charge in [-0.3, -0.25) is 0 Å². The number of aromatic carboxylic acids is 1.